The van der Waals surface area contributed by atoms with Crippen LogP contribution < -0.4 is 5.32 Å². The predicted molar refractivity (Wildman–Crippen MR) is 55.6 cm³/mol. The Morgan fingerprint density at radius 2 is 2.00 bits per heavy atom. The highest BCUT2D eigenvalue weighted by Crippen LogP contribution is 2.03. The first-order valence-corrected chi connectivity index (χ1v) is 4.80. The fourth-order valence-corrected chi connectivity index (χ4v) is 1.22. The van der Waals surface area contributed by atoms with E-state index in [4.69, 9.17) is 5.26 Å². The molecule has 0 aromatic carbocycles. The quantitative estimate of drug-likeness (QED) is 0.710. The smallest absolute Gasteiger partial charge is 0.239 e. The summed E-state index contributed by atoms with van der Waals surface area (Å²) < 4.78 is 0. The molecule has 0 fully saturated rings. The van der Waals surface area contributed by atoms with Gasteiger partial charge in [-0.05, 0) is 6.92 Å². The van der Waals surface area contributed by atoms with Gasteiger partial charge in [-0.25, -0.2) is 0 Å². The lowest BCUT2D eigenvalue weighted by molar-refractivity contribution is -0.133. The van der Waals surface area contributed by atoms with E-state index in [0.717, 1.165) is 0 Å². The topological polar surface area (TPSA) is 73.2 Å². The van der Waals surface area contributed by atoms with Gasteiger partial charge >= 0.3 is 0 Å². The molecule has 1 N–H and O–H groups in total. The lowest BCUT2D eigenvalue weighted by atomic mass is 10.1. The standard InChI is InChI=1S/C10H17N3O2/c1-7(5-11)10(15)13(4)6-8(2)9(14)12-3/h7-8H,6H2,1-4H3,(H,12,14). The maximum Gasteiger partial charge on any atom is 0.239 e. The Labute approximate surface area is 90.0 Å². The molecular weight excluding hydrogens is 194 g/mol. The highest BCUT2D eigenvalue weighted by molar-refractivity contribution is 5.82. The Hall–Kier alpha value is -1.57. The average molecular weight is 211 g/mol. The molecule has 0 bridgehead atoms. The second-order valence-electron chi connectivity index (χ2n) is 3.58. The molecule has 0 aliphatic heterocycles. The summed E-state index contributed by atoms with van der Waals surface area (Å²) in [5, 5.41) is 11.1. The van der Waals surface area contributed by atoms with Crippen LogP contribution in [0.1, 0.15) is 13.8 Å². The minimum absolute atomic E-state index is 0.112. The van der Waals surface area contributed by atoms with Crippen LogP contribution in [0, 0.1) is 23.2 Å². The summed E-state index contributed by atoms with van der Waals surface area (Å²) in [6.07, 6.45) is 0. The van der Waals surface area contributed by atoms with Crippen molar-refractivity contribution < 1.29 is 9.59 Å². The number of amides is 2. The average Bonchev–Trinajstić information content (AvgIpc) is 2.25. The third-order valence-corrected chi connectivity index (χ3v) is 2.18. The molecule has 5 heteroatoms. The van der Waals surface area contributed by atoms with Crippen LogP contribution in [0.5, 0.6) is 0 Å². The normalized spacial score (nSPS) is 13.5. The lowest BCUT2D eigenvalue weighted by Crippen LogP contribution is -2.39. The summed E-state index contributed by atoms with van der Waals surface area (Å²) >= 11 is 0. The molecule has 0 aromatic rings. The minimum Gasteiger partial charge on any atom is -0.359 e. The van der Waals surface area contributed by atoms with Crippen molar-refractivity contribution in [1.82, 2.24) is 10.2 Å². The number of nitrogens with one attached hydrogen (secondary N) is 1. The maximum atomic E-state index is 11.5. The van der Waals surface area contributed by atoms with Gasteiger partial charge in [0.1, 0.15) is 5.92 Å². The van der Waals surface area contributed by atoms with Crippen LogP contribution >= 0.6 is 0 Å². The number of carbonyl (C=O) groups is 2. The van der Waals surface area contributed by atoms with Gasteiger partial charge in [0, 0.05) is 20.6 Å². The second kappa shape index (κ2) is 6.02. The molecule has 0 spiro atoms. The third-order valence-electron chi connectivity index (χ3n) is 2.18. The van der Waals surface area contributed by atoms with Crippen molar-refractivity contribution in [2.24, 2.45) is 11.8 Å². The van der Waals surface area contributed by atoms with Crippen LogP contribution in [0.2, 0.25) is 0 Å². The first-order valence-electron chi connectivity index (χ1n) is 4.80. The first kappa shape index (κ1) is 13.4. The molecule has 0 heterocycles. The van der Waals surface area contributed by atoms with E-state index in [1.807, 2.05) is 6.07 Å². The number of hydrogen-bond donors (Lipinski definition) is 1. The van der Waals surface area contributed by atoms with E-state index in [9.17, 15) is 9.59 Å². The van der Waals surface area contributed by atoms with Crippen molar-refractivity contribution in [1.29, 1.82) is 5.26 Å². The van der Waals surface area contributed by atoms with Gasteiger partial charge in [0.25, 0.3) is 0 Å². The molecule has 0 saturated carbocycles. The maximum absolute atomic E-state index is 11.5. The van der Waals surface area contributed by atoms with E-state index >= 15 is 0 Å². The van der Waals surface area contributed by atoms with E-state index in [1.54, 1.807) is 27.9 Å². The lowest BCUT2D eigenvalue weighted by Gasteiger charge is -2.21. The predicted octanol–water partition coefficient (Wildman–Crippen LogP) is -0.0134. The van der Waals surface area contributed by atoms with Crippen molar-refractivity contribution in [2.75, 3.05) is 20.6 Å². The molecule has 15 heavy (non-hydrogen) atoms. The molecule has 0 aliphatic rings. The van der Waals surface area contributed by atoms with Crippen molar-refractivity contribution >= 4 is 11.8 Å². The largest absolute Gasteiger partial charge is 0.359 e. The fourth-order valence-electron chi connectivity index (χ4n) is 1.22. The van der Waals surface area contributed by atoms with Crippen LogP contribution in [-0.2, 0) is 9.59 Å². The molecule has 84 valence electrons. The molecule has 0 aromatic heterocycles. The SMILES string of the molecule is CNC(=O)C(C)CN(C)C(=O)C(C)C#N. The van der Waals surface area contributed by atoms with Gasteiger partial charge in [-0.3, -0.25) is 9.59 Å². The minimum atomic E-state index is -0.660. The van der Waals surface area contributed by atoms with Gasteiger partial charge in [0.05, 0.1) is 12.0 Å². The van der Waals surface area contributed by atoms with Gasteiger partial charge in [0.2, 0.25) is 11.8 Å². The Morgan fingerprint density at radius 1 is 1.47 bits per heavy atom. The second-order valence-corrected chi connectivity index (χ2v) is 3.58. The number of nitriles is 1. The summed E-state index contributed by atoms with van der Waals surface area (Å²) in [4.78, 5) is 24.1. The van der Waals surface area contributed by atoms with Crippen molar-refractivity contribution in [3.8, 4) is 6.07 Å². The molecule has 2 atom stereocenters. The van der Waals surface area contributed by atoms with E-state index in [2.05, 4.69) is 5.32 Å². The van der Waals surface area contributed by atoms with Gasteiger partial charge in [0.15, 0.2) is 0 Å². The van der Waals surface area contributed by atoms with E-state index in [0.29, 0.717) is 6.54 Å². The Bertz CT molecular complexity index is 283. The zero-order valence-electron chi connectivity index (χ0n) is 9.57. The molecule has 2 unspecified atom stereocenters. The van der Waals surface area contributed by atoms with E-state index < -0.39 is 5.92 Å². The molecular formula is C10H17N3O2. The summed E-state index contributed by atoms with van der Waals surface area (Å²) in [6, 6.07) is 1.87. The summed E-state index contributed by atoms with van der Waals surface area (Å²) in [5.74, 6) is -1.30. The molecule has 5 nitrogen and oxygen atoms in total. The molecule has 0 rings (SSSR count). The van der Waals surface area contributed by atoms with Gasteiger partial charge < -0.3 is 10.2 Å². The van der Waals surface area contributed by atoms with Gasteiger partial charge in [-0.1, -0.05) is 6.92 Å². The Balaban J connectivity index is 4.26. The number of hydrogen-bond acceptors (Lipinski definition) is 3. The molecule has 2 amide bonds. The monoisotopic (exact) mass is 211 g/mol. The molecule has 0 saturated heterocycles. The number of rotatable bonds is 4. The van der Waals surface area contributed by atoms with Crippen LogP contribution in [0.15, 0.2) is 0 Å². The summed E-state index contributed by atoms with van der Waals surface area (Å²) in [5.41, 5.74) is 0. The Morgan fingerprint density at radius 3 is 2.40 bits per heavy atom. The van der Waals surface area contributed by atoms with E-state index in [-0.39, 0.29) is 17.7 Å². The zero-order chi connectivity index (χ0) is 12.0. The van der Waals surface area contributed by atoms with Crippen LogP contribution in [0.25, 0.3) is 0 Å². The fraction of sp³-hybridized carbons (Fsp3) is 0.700. The van der Waals surface area contributed by atoms with Crippen LogP contribution in [0.3, 0.4) is 0 Å². The van der Waals surface area contributed by atoms with E-state index in [1.165, 1.54) is 4.90 Å². The van der Waals surface area contributed by atoms with Crippen molar-refractivity contribution in [3.63, 3.8) is 0 Å². The zero-order valence-corrected chi connectivity index (χ0v) is 9.57. The summed E-state index contributed by atoms with van der Waals surface area (Å²) in [7, 11) is 3.15. The molecule has 0 radical (unpaired) electrons. The van der Waals surface area contributed by atoms with Crippen LogP contribution in [-0.4, -0.2) is 37.4 Å². The number of nitrogens with zero attached hydrogens (tertiary/aromatic N) is 2. The van der Waals surface area contributed by atoms with Crippen LogP contribution in [0.4, 0.5) is 0 Å². The first-order chi connectivity index (χ1) is 6.93. The highest BCUT2D eigenvalue weighted by Gasteiger charge is 2.20. The Kier molecular flexibility index (Phi) is 5.39. The van der Waals surface area contributed by atoms with Crippen molar-refractivity contribution in [3.05, 3.63) is 0 Å². The summed E-state index contributed by atoms with van der Waals surface area (Å²) in [6.45, 7) is 3.60. The number of carbonyl (C=O) groups excluding carboxylic acids is 2. The van der Waals surface area contributed by atoms with Gasteiger partial charge in [-0.15, -0.1) is 0 Å². The van der Waals surface area contributed by atoms with Gasteiger partial charge in [-0.2, -0.15) is 5.26 Å². The molecule has 0 aliphatic carbocycles. The van der Waals surface area contributed by atoms with Crippen molar-refractivity contribution in [2.45, 2.75) is 13.8 Å². The highest BCUT2D eigenvalue weighted by atomic mass is 16.2. The third kappa shape index (κ3) is 3.98.